The van der Waals surface area contributed by atoms with E-state index in [1.807, 2.05) is 6.07 Å². The van der Waals surface area contributed by atoms with Crippen LogP contribution in [0, 0.1) is 17.7 Å². The topological polar surface area (TPSA) is 68.3 Å². The lowest BCUT2D eigenvalue weighted by molar-refractivity contribution is 0.0949. The molecule has 0 spiro atoms. The molecular weight excluding hydrogens is 271 g/mol. The molecule has 0 saturated carbocycles. The fourth-order valence-corrected chi connectivity index (χ4v) is 1.78. The third-order valence-electron chi connectivity index (χ3n) is 2.79. The van der Waals surface area contributed by atoms with Gasteiger partial charge in [-0.3, -0.25) is 4.79 Å². The number of nitrogens with two attached hydrogens (primary N) is 1. The number of amides is 1. The number of benzene rings is 1. The first-order valence-corrected chi connectivity index (χ1v) is 6.50. The molecule has 1 aromatic carbocycles. The lowest BCUT2D eigenvalue weighted by atomic mass is 10.1. The SMILES string of the molecule is NCC#Cc1ccc(C(=O)NCCc2ccco2)c(F)c1. The van der Waals surface area contributed by atoms with E-state index in [2.05, 4.69) is 17.2 Å². The second-order valence-corrected chi connectivity index (χ2v) is 4.29. The summed E-state index contributed by atoms with van der Waals surface area (Å²) in [5.41, 5.74) is 5.73. The van der Waals surface area contributed by atoms with Gasteiger partial charge in [-0.1, -0.05) is 11.8 Å². The van der Waals surface area contributed by atoms with Crippen LogP contribution < -0.4 is 11.1 Å². The Labute approximate surface area is 122 Å². The molecule has 5 heteroatoms. The van der Waals surface area contributed by atoms with Crippen molar-refractivity contribution in [2.75, 3.05) is 13.1 Å². The van der Waals surface area contributed by atoms with Gasteiger partial charge >= 0.3 is 0 Å². The Morgan fingerprint density at radius 2 is 2.24 bits per heavy atom. The zero-order valence-electron chi connectivity index (χ0n) is 11.4. The van der Waals surface area contributed by atoms with E-state index < -0.39 is 11.7 Å². The highest BCUT2D eigenvalue weighted by molar-refractivity contribution is 5.94. The summed E-state index contributed by atoms with van der Waals surface area (Å²) in [6.07, 6.45) is 2.12. The highest BCUT2D eigenvalue weighted by atomic mass is 19.1. The van der Waals surface area contributed by atoms with Crippen LogP contribution in [0.3, 0.4) is 0 Å². The van der Waals surface area contributed by atoms with E-state index in [4.69, 9.17) is 10.2 Å². The van der Waals surface area contributed by atoms with Crippen LogP contribution in [0.5, 0.6) is 0 Å². The van der Waals surface area contributed by atoms with E-state index in [1.165, 1.54) is 12.1 Å². The maximum absolute atomic E-state index is 13.9. The quantitative estimate of drug-likeness (QED) is 0.841. The van der Waals surface area contributed by atoms with Crippen LogP contribution in [0.2, 0.25) is 0 Å². The van der Waals surface area contributed by atoms with Crippen molar-refractivity contribution >= 4 is 5.91 Å². The first-order chi connectivity index (χ1) is 10.2. The largest absolute Gasteiger partial charge is 0.469 e. The molecule has 2 aromatic rings. The van der Waals surface area contributed by atoms with E-state index in [1.54, 1.807) is 18.4 Å². The molecule has 108 valence electrons. The van der Waals surface area contributed by atoms with Crippen molar-refractivity contribution in [1.29, 1.82) is 0 Å². The van der Waals surface area contributed by atoms with Crippen molar-refractivity contribution in [2.24, 2.45) is 5.73 Å². The number of carbonyl (C=O) groups is 1. The van der Waals surface area contributed by atoms with Gasteiger partial charge in [-0.05, 0) is 30.3 Å². The van der Waals surface area contributed by atoms with Crippen molar-refractivity contribution in [3.8, 4) is 11.8 Å². The first-order valence-electron chi connectivity index (χ1n) is 6.50. The zero-order chi connectivity index (χ0) is 15.1. The molecule has 0 radical (unpaired) electrons. The van der Waals surface area contributed by atoms with Gasteiger partial charge in [0.05, 0.1) is 18.4 Å². The summed E-state index contributed by atoms with van der Waals surface area (Å²) in [7, 11) is 0. The Balaban J connectivity index is 1.95. The van der Waals surface area contributed by atoms with Crippen molar-refractivity contribution < 1.29 is 13.6 Å². The molecule has 0 fully saturated rings. The maximum Gasteiger partial charge on any atom is 0.254 e. The maximum atomic E-state index is 13.9. The Hall–Kier alpha value is -2.58. The summed E-state index contributed by atoms with van der Waals surface area (Å²) >= 11 is 0. The van der Waals surface area contributed by atoms with Crippen molar-refractivity contribution in [3.63, 3.8) is 0 Å². The number of furan rings is 1. The lowest BCUT2D eigenvalue weighted by Crippen LogP contribution is -2.26. The van der Waals surface area contributed by atoms with Gasteiger partial charge < -0.3 is 15.5 Å². The van der Waals surface area contributed by atoms with Gasteiger partial charge in [-0.25, -0.2) is 4.39 Å². The fourth-order valence-electron chi connectivity index (χ4n) is 1.78. The molecule has 0 bridgehead atoms. The van der Waals surface area contributed by atoms with Gasteiger partial charge in [-0.15, -0.1) is 0 Å². The summed E-state index contributed by atoms with van der Waals surface area (Å²) in [5, 5.41) is 2.65. The van der Waals surface area contributed by atoms with Crippen LogP contribution in [-0.2, 0) is 6.42 Å². The second kappa shape index (κ2) is 7.27. The predicted octanol–water partition coefficient (Wildman–Crippen LogP) is 1.70. The minimum atomic E-state index is -0.602. The average molecular weight is 286 g/mol. The zero-order valence-corrected chi connectivity index (χ0v) is 11.4. The van der Waals surface area contributed by atoms with Crippen LogP contribution in [-0.4, -0.2) is 19.0 Å². The summed E-state index contributed by atoms with van der Waals surface area (Å²) < 4.78 is 19.0. The molecule has 0 atom stereocenters. The summed E-state index contributed by atoms with van der Waals surface area (Å²) in [6.45, 7) is 0.581. The van der Waals surface area contributed by atoms with Gasteiger partial charge in [0.2, 0.25) is 0 Å². The smallest absolute Gasteiger partial charge is 0.254 e. The highest BCUT2D eigenvalue weighted by Crippen LogP contribution is 2.10. The van der Waals surface area contributed by atoms with E-state index in [-0.39, 0.29) is 12.1 Å². The van der Waals surface area contributed by atoms with Crippen LogP contribution >= 0.6 is 0 Å². The van der Waals surface area contributed by atoms with Crippen molar-refractivity contribution in [1.82, 2.24) is 5.32 Å². The van der Waals surface area contributed by atoms with Crippen LogP contribution in [0.15, 0.2) is 41.0 Å². The molecule has 21 heavy (non-hydrogen) atoms. The lowest BCUT2D eigenvalue weighted by Gasteiger charge is -2.05. The van der Waals surface area contributed by atoms with E-state index in [0.717, 1.165) is 5.76 Å². The molecule has 0 aliphatic carbocycles. The van der Waals surface area contributed by atoms with Gasteiger partial charge in [0.25, 0.3) is 5.91 Å². The normalized spacial score (nSPS) is 9.81. The highest BCUT2D eigenvalue weighted by Gasteiger charge is 2.11. The number of nitrogens with one attached hydrogen (secondary N) is 1. The molecule has 2 rings (SSSR count). The molecule has 3 N–H and O–H groups in total. The van der Waals surface area contributed by atoms with E-state index >= 15 is 0 Å². The monoisotopic (exact) mass is 286 g/mol. The van der Waals surface area contributed by atoms with Gasteiger partial charge in [0.1, 0.15) is 11.6 Å². The molecule has 0 aliphatic heterocycles. The summed E-state index contributed by atoms with van der Waals surface area (Å²) in [4.78, 5) is 11.9. The standard InChI is InChI=1S/C16H15FN2O2/c17-15-11-12(3-1-8-18)5-6-14(15)16(20)19-9-7-13-4-2-10-21-13/h2,4-6,10-11H,7-9,18H2,(H,19,20). The number of halogens is 1. The van der Waals surface area contributed by atoms with Gasteiger partial charge in [-0.2, -0.15) is 0 Å². The van der Waals surface area contributed by atoms with Crippen molar-refractivity contribution in [3.05, 3.63) is 59.3 Å². The molecule has 1 heterocycles. The molecule has 4 nitrogen and oxygen atoms in total. The minimum Gasteiger partial charge on any atom is -0.469 e. The molecule has 1 aromatic heterocycles. The number of hydrogen-bond acceptors (Lipinski definition) is 3. The minimum absolute atomic E-state index is 0.00672. The summed E-state index contributed by atoms with van der Waals surface area (Å²) in [6, 6.07) is 7.82. The Morgan fingerprint density at radius 1 is 1.38 bits per heavy atom. The second-order valence-electron chi connectivity index (χ2n) is 4.29. The van der Waals surface area contributed by atoms with Crippen LogP contribution in [0.4, 0.5) is 4.39 Å². The first kappa shape index (κ1) is 14.8. The van der Waals surface area contributed by atoms with Crippen LogP contribution in [0.25, 0.3) is 0 Å². The van der Waals surface area contributed by atoms with E-state index in [9.17, 15) is 9.18 Å². The third-order valence-corrected chi connectivity index (χ3v) is 2.79. The summed E-state index contributed by atoms with van der Waals surface area (Å²) in [5.74, 6) is 5.05. The Bertz CT molecular complexity index is 669. The van der Waals surface area contributed by atoms with Gasteiger partial charge in [0.15, 0.2) is 0 Å². The number of hydrogen-bond donors (Lipinski definition) is 2. The van der Waals surface area contributed by atoms with E-state index in [0.29, 0.717) is 18.5 Å². The fraction of sp³-hybridized carbons (Fsp3) is 0.188. The van der Waals surface area contributed by atoms with Crippen LogP contribution in [0.1, 0.15) is 21.7 Å². The average Bonchev–Trinajstić information content (AvgIpc) is 2.98. The number of carbonyl (C=O) groups excluding carboxylic acids is 1. The molecular formula is C16H15FN2O2. The molecule has 0 unspecified atom stereocenters. The molecule has 0 saturated heterocycles. The van der Waals surface area contributed by atoms with Crippen molar-refractivity contribution in [2.45, 2.75) is 6.42 Å². The Kier molecular flexibility index (Phi) is 5.13. The molecule has 1 amide bonds. The predicted molar refractivity (Wildman–Crippen MR) is 77.1 cm³/mol. The molecule has 0 aliphatic rings. The van der Waals surface area contributed by atoms with Gasteiger partial charge in [0, 0.05) is 18.5 Å². The number of rotatable bonds is 4. The third kappa shape index (κ3) is 4.20. The Morgan fingerprint density at radius 3 is 2.90 bits per heavy atom.